The summed E-state index contributed by atoms with van der Waals surface area (Å²) in [5.74, 6) is 0. The van der Waals surface area contributed by atoms with Crippen molar-refractivity contribution in [3.05, 3.63) is 194 Å². The summed E-state index contributed by atoms with van der Waals surface area (Å²) in [4.78, 5) is 2.46. The van der Waals surface area contributed by atoms with Crippen molar-refractivity contribution in [2.45, 2.75) is 0 Å². The molecule has 0 radical (unpaired) electrons. The lowest BCUT2D eigenvalue weighted by Gasteiger charge is -2.29. The van der Waals surface area contributed by atoms with Gasteiger partial charge in [-0.25, -0.2) is 0 Å². The highest BCUT2D eigenvalue weighted by atomic mass is 32.1. The zero-order chi connectivity index (χ0) is 36.7. The molecule has 0 atom stereocenters. The number of anilines is 3. The van der Waals surface area contributed by atoms with Gasteiger partial charge in [0.05, 0.1) is 27.1 Å². The van der Waals surface area contributed by atoms with Gasteiger partial charge in [0.25, 0.3) is 0 Å². The van der Waals surface area contributed by atoms with Gasteiger partial charge >= 0.3 is 0 Å². The molecule has 0 aliphatic heterocycles. The van der Waals surface area contributed by atoms with Crippen LogP contribution in [0.15, 0.2) is 199 Å². The van der Waals surface area contributed by atoms with Gasteiger partial charge in [0.2, 0.25) is 0 Å². The standard InChI is InChI=1S/C52H32N2OS/c1-2-17-36-33(14-1)30-31-43-42-23-12-22-41(51(42)55-50(36)43)39-20-5-9-27-47(39)54(48-28-13-24-44-40-21-6-10-29-49(40)56-52(44)48)35-16-11-15-34(32-35)53-45-25-7-3-18-37(45)38-19-4-8-26-46(38)53/h1-32H. The van der Waals surface area contributed by atoms with Gasteiger partial charge in [0, 0.05) is 64.9 Å². The van der Waals surface area contributed by atoms with E-state index in [4.69, 9.17) is 4.42 Å². The lowest BCUT2D eigenvalue weighted by atomic mass is 9.98. The molecule has 0 amide bonds. The van der Waals surface area contributed by atoms with E-state index in [2.05, 4.69) is 204 Å². The number of furan rings is 1. The van der Waals surface area contributed by atoms with E-state index < -0.39 is 0 Å². The fourth-order valence-corrected chi connectivity index (χ4v) is 10.1. The van der Waals surface area contributed by atoms with Crippen LogP contribution in [0.4, 0.5) is 17.1 Å². The van der Waals surface area contributed by atoms with Crippen molar-refractivity contribution in [1.82, 2.24) is 4.57 Å². The topological polar surface area (TPSA) is 21.3 Å². The second-order valence-corrected chi connectivity index (χ2v) is 15.5. The lowest BCUT2D eigenvalue weighted by Crippen LogP contribution is -2.12. The van der Waals surface area contributed by atoms with E-state index in [9.17, 15) is 0 Å². The van der Waals surface area contributed by atoms with Crippen molar-refractivity contribution in [1.29, 1.82) is 0 Å². The molecule has 0 aliphatic rings. The molecule has 0 saturated heterocycles. The van der Waals surface area contributed by atoms with Crippen molar-refractivity contribution in [2.75, 3.05) is 4.90 Å². The van der Waals surface area contributed by atoms with Crippen LogP contribution in [-0.2, 0) is 0 Å². The summed E-state index contributed by atoms with van der Waals surface area (Å²) >= 11 is 1.85. The van der Waals surface area contributed by atoms with E-state index in [1.54, 1.807) is 0 Å². The third-order valence-electron chi connectivity index (χ3n) is 11.4. The molecule has 0 saturated carbocycles. The van der Waals surface area contributed by atoms with Gasteiger partial charge in [-0.15, -0.1) is 11.3 Å². The number of hydrogen-bond acceptors (Lipinski definition) is 3. The monoisotopic (exact) mass is 732 g/mol. The highest BCUT2D eigenvalue weighted by molar-refractivity contribution is 7.26. The molecule has 0 aliphatic carbocycles. The first kappa shape index (κ1) is 31.2. The molecular weight excluding hydrogens is 701 g/mol. The van der Waals surface area contributed by atoms with Crippen LogP contribution in [0.25, 0.3) is 91.5 Å². The minimum absolute atomic E-state index is 0.894. The fourth-order valence-electron chi connectivity index (χ4n) is 8.92. The van der Waals surface area contributed by atoms with Crippen molar-refractivity contribution >= 4 is 103 Å². The fraction of sp³-hybridized carbons (Fsp3) is 0. The van der Waals surface area contributed by atoms with Crippen molar-refractivity contribution in [2.24, 2.45) is 0 Å². The third-order valence-corrected chi connectivity index (χ3v) is 12.6. The molecule has 262 valence electrons. The second-order valence-electron chi connectivity index (χ2n) is 14.4. The minimum Gasteiger partial charge on any atom is -0.455 e. The van der Waals surface area contributed by atoms with Gasteiger partial charge in [-0.05, 0) is 60.0 Å². The number of para-hydroxylation sites is 4. The molecule has 0 spiro atoms. The maximum Gasteiger partial charge on any atom is 0.143 e. The number of rotatable bonds is 5. The Labute approximate surface area is 326 Å². The number of aromatic nitrogens is 1. The van der Waals surface area contributed by atoms with Crippen molar-refractivity contribution in [3.63, 3.8) is 0 Å². The van der Waals surface area contributed by atoms with Crippen molar-refractivity contribution < 1.29 is 4.42 Å². The summed E-state index contributed by atoms with van der Waals surface area (Å²) in [6, 6.07) is 70.2. The van der Waals surface area contributed by atoms with Gasteiger partial charge in [0.1, 0.15) is 11.2 Å². The quantitative estimate of drug-likeness (QED) is 0.176. The zero-order valence-electron chi connectivity index (χ0n) is 30.2. The van der Waals surface area contributed by atoms with Crippen molar-refractivity contribution in [3.8, 4) is 16.8 Å². The molecule has 0 bridgehead atoms. The predicted octanol–water partition coefficient (Wildman–Crippen LogP) is 15.3. The molecule has 12 aromatic rings. The Bertz CT molecular complexity index is 3460. The molecule has 3 heterocycles. The summed E-state index contributed by atoms with van der Waals surface area (Å²) in [5, 5.41) is 9.58. The minimum atomic E-state index is 0.894. The second kappa shape index (κ2) is 12.2. The van der Waals surface area contributed by atoms with E-state index in [-0.39, 0.29) is 0 Å². The maximum absolute atomic E-state index is 6.94. The third kappa shape index (κ3) is 4.57. The number of fused-ring (bicyclic) bond motifs is 11. The molecule has 0 unspecified atom stereocenters. The Morgan fingerprint density at radius 2 is 1.02 bits per heavy atom. The Morgan fingerprint density at radius 1 is 0.411 bits per heavy atom. The van der Waals surface area contributed by atoms with Crippen LogP contribution in [0.1, 0.15) is 0 Å². The average Bonchev–Trinajstić information content (AvgIpc) is 3.95. The van der Waals surface area contributed by atoms with Crippen LogP contribution in [0.5, 0.6) is 0 Å². The van der Waals surface area contributed by atoms with E-state index in [1.807, 2.05) is 11.3 Å². The molecule has 56 heavy (non-hydrogen) atoms. The smallest absolute Gasteiger partial charge is 0.143 e. The zero-order valence-corrected chi connectivity index (χ0v) is 31.0. The largest absolute Gasteiger partial charge is 0.455 e. The number of hydrogen-bond donors (Lipinski definition) is 0. The first-order valence-corrected chi connectivity index (χ1v) is 19.8. The van der Waals surface area contributed by atoms with Crippen LogP contribution in [0.3, 0.4) is 0 Å². The van der Waals surface area contributed by atoms with Crippen LogP contribution >= 0.6 is 11.3 Å². The van der Waals surface area contributed by atoms with Crippen LogP contribution in [0, 0.1) is 0 Å². The number of benzene rings is 9. The predicted molar refractivity (Wildman–Crippen MR) is 239 cm³/mol. The molecule has 4 heteroatoms. The first-order valence-electron chi connectivity index (χ1n) is 19.0. The Kier molecular flexibility index (Phi) is 6.80. The summed E-state index contributed by atoms with van der Waals surface area (Å²) in [5.41, 5.74) is 10.8. The van der Waals surface area contributed by atoms with Crippen LogP contribution in [0.2, 0.25) is 0 Å². The van der Waals surface area contributed by atoms with Gasteiger partial charge in [0.15, 0.2) is 0 Å². The molecule has 0 N–H and O–H groups in total. The number of nitrogens with zero attached hydrogens (tertiary/aromatic N) is 2. The molecule has 3 aromatic heterocycles. The van der Waals surface area contributed by atoms with Gasteiger partial charge in [-0.1, -0.05) is 140 Å². The van der Waals surface area contributed by atoms with E-state index in [0.29, 0.717) is 0 Å². The SMILES string of the molecule is c1cc(N(c2ccccc2-c2cccc3c2oc2c4ccccc4ccc32)c2cccc3c2sc2ccccc23)cc(-n2c3ccccc3c3ccccc32)c1. The molecular formula is C52H32N2OS. The highest BCUT2D eigenvalue weighted by Crippen LogP contribution is 2.49. The normalized spacial score (nSPS) is 11.9. The van der Waals surface area contributed by atoms with Crippen LogP contribution < -0.4 is 4.90 Å². The lowest BCUT2D eigenvalue weighted by molar-refractivity contribution is 0.674. The first-order chi connectivity index (χ1) is 27.8. The van der Waals surface area contributed by atoms with E-state index >= 15 is 0 Å². The van der Waals surface area contributed by atoms with E-state index in [0.717, 1.165) is 61.2 Å². The molecule has 12 rings (SSSR count). The number of thiophene rings is 1. The summed E-state index contributed by atoms with van der Waals surface area (Å²) in [6.07, 6.45) is 0. The maximum atomic E-state index is 6.94. The summed E-state index contributed by atoms with van der Waals surface area (Å²) in [6.45, 7) is 0. The Hall–Kier alpha value is -7.14. The molecule has 9 aromatic carbocycles. The van der Waals surface area contributed by atoms with Crippen LogP contribution in [-0.4, -0.2) is 4.57 Å². The van der Waals surface area contributed by atoms with Gasteiger partial charge in [-0.2, -0.15) is 0 Å². The average molecular weight is 733 g/mol. The Morgan fingerprint density at radius 3 is 1.88 bits per heavy atom. The summed E-state index contributed by atoms with van der Waals surface area (Å²) < 4.78 is 11.9. The Balaban J connectivity index is 1.14. The molecule has 0 fully saturated rings. The molecule has 3 nitrogen and oxygen atoms in total. The van der Waals surface area contributed by atoms with Gasteiger partial charge in [-0.3, -0.25) is 0 Å². The van der Waals surface area contributed by atoms with Gasteiger partial charge < -0.3 is 13.9 Å². The van der Waals surface area contributed by atoms with E-state index in [1.165, 1.54) is 47.4 Å². The highest BCUT2D eigenvalue weighted by Gasteiger charge is 2.24. The summed E-state index contributed by atoms with van der Waals surface area (Å²) in [7, 11) is 0.